The van der Waals surface area contributed by atoms with Crippen molar-refractivity contribution in [2.24, 2.45) is 4.99 Å². The molecule has 5 nitrogen and oxygen atoms in total. The zero-order valence-corrected chi connectivity index (χ0v) is 14.9. The molecule has 1 aliphatic rings. The van der Waals surface area contributed by atoms with Gasteiger partial charge in [0.05, 0.1) is 12.8 Å². The van der Waals surface area contributed by atoms with E-state index in [1.165, 1.54) is 5.56 Å². The minimum atomic E-state index is -0.211. The van der Waals surface area contributed by atoms with Crippen LogP contribution in [0.4, 0.5) is 16.2 Å². The molecule has 0 aromatic heterocycles. The van der Waals surface area contributed by atoms with Gasteiger partial charge < -0.3 is 10.1 Å². The number of carbonyl (C=O) groups excluding carboxylic acids is 1. The van der Waals surface area contributed by atoms with Crippen molar-refractivity contribution >= 4 is 23.2 Å². The highest BCUT2D eigenvalue weighted by Crippen LogP contribution is 2.24. The van der Waals surface area contributed by atoms with Crippen molar-refractivity contribution in [3.63, 3.8) is 0 Å². The maximum absolute atomic E-state index is 13.0. The van der Waals surface area contributed by atoms with E-state index in [1.54, 1.807) is 18.1 Å². The monoisotopic (exact) mass is 337 g/mol. The molecule has 0 atom stereocenters. The van der Waals surface area contributed by atoms with E-state index in [0.717, 1.165) is 36.5 Å². The second-order valence-corrected chi connectivity index (χ2v) is 6.17. The summed E-state index contributed by atoms with van der Waals surface area (Å²) < 4.78 is 5.22. The highest BCUT2D eigenvalue weighted by Gasteiger charge is 2.24. The molecule has 0 bridgehead atoms. The second-order valence-electron chi connectivity index (χ2n) is 6.17. The number of methoxy groups -OCH3 is 1. The number of urea groups is 1. The number of hydrogen-bond donors (Lipinski definition) is 1. The molecule has 0 aliphatic carbocycles. The summed E-state index contributed by atoms with van der Waals surface area (Å²) in [4.78, 5) is 19.2. The number of aliphatic imine (C=N–C) groups is 1. The van der Waals surface area contributed by atoms with Crippen LogP contribution in [0.15, 0.2) is 47.5 Å². The fourth-order valence-electron chi connectivity index (χ4n) is 2.84. The zero-order valence-electron chi connectivity index (χ0n) is 14.9. The number of nitrogens with zero attached hydrogens (tertiary/aromatic N) is 2. The SMILES string of the molecule is COc1cccc(NC(=O)N(C2=NCCC2)c2ccc(C)c(C)c2)c1. The van der Waals surface area contributed by atoms with Crippen molar-refractivity contribution in [2.75, 3.05) is 23.9 Å². The first-order valence-electron chi connectivity index (χ1n) is 8.44. The summed E-state index contributed by atoms with van der Waals surface area (Å²) in [6.07, 6.45) is 1.78. The maximum Gasteiger partial charge on any atom is 0.331 e. The molecule has 0 fully saturated rings. The summed E-state index contributed by atoms with van der Waals surface area (Å²) in [5.41, 5.74) is 3.88. The first kappa shape index (κ1) is 17.0. The average molecular weight is 337 g/mol. The highest BCUT2D eigenvalue weighted by atomic mass is 16.5. The lowest BCUT2D eigenvalue weighted by atomic mass is 10.1. The van der Waals surface area contributed by atoms with Gasteiger partial charge in [0, 0.05) is 24.7 Å². The molecule has 0 radical (unpaired) electrons. The first-order valence-corrected chi connectivity index (χ1v) is 8.44. The molecule has 0 spiro atoms. The smallest absolute Gasteiger partial charge is 0.331 e. The minimum Gasteiger partial charge on any atom is -0.497 e. The van der Waals surface area contributed by atoms with Crippen LogP contribution >= 0.6 is 0 Å². The number of hydrogen-bond acceptors (Lipinski definition) is 3. The van der Waals surface area contributed by atoms with Gasteiger partial charge in [0.2, 0.25) is 0 Å². The summed E-state index contributed by atoms with van der Waals surface area (Å²) in [5, 5.41) is 2.95. The van der Waals surface area contributed by atoms with E-state index in [4.69, 9.17) is 4.74 Å². The van der Waals surface area contributed by atoms with Gasteiger partial charge in [-0.3, -0.25) is 9.89 Å². The number of amidine groups is 1. The number of ether oxygens (including phenoxy) is 1. The fourth-order valence-corrected chi connectivity index (χ4v) is 2.84. The van der Waals surface area contributed by atoms with Crippen LogP contribution in [0.25, 0.3) is 0 Å². The van der Waals surface area contributed by atoms with E-state index >= 15 is 0 Å². The number of nitrogens with one attached hydrogen (secondary N) is 1. The third-order valence-corrected chi connectivity index (χ3v) is 4.38. The third kappa shape index (κ3) is 3.82. The third-order valence-electron chi connectivity index (χ3n) is 4.38. The number of rotatable bonds is 3. The Kier molecular flexibility index (Phi) is 5.03. The largest absolute Gasteiger partial charge is 0.497 e. The van der Waals surface area contributed by atoms with Gasteiger partial charge in [-0.1, -0.05) is 12.1 Å². The van der Waals surface area contributed by atoms with Crippen molar-refractivity contribution in [2.45, 2.75) is 26.7 Å². The Labute approximate surface area is 148 Å². The molecule has 2 aromatic carbocycles. The van der Waals surface area contributed by atoms with Crippen LogP contribution < -0.4 is 15.0 Å². The summed E-state index contributed by atoms with van der Waals surface area (Å²) in [5.74, 6) is 1.51. The number of amides is 2. The normalized spacial score (nSPS) is 13.3. The molecule has 0 unspecified atom stereocenters. The minimum absolute atomic E-state index is 0.211. The number of anilines is 2. The van der Waals surface area contributed by atoms with Gasteiger partial charge in [-0.25, -0.2) is 4.79 Å². The van der Waals surface area contributed by atoms with Gasteiger partial charge in [-0.05, 0) is 55.7 Å². The molecule has 0 saturated heterocycles. The Morgan fingerprint density at radius 3 is 2.68 bits per heavy atom. The van der Waals surface area contributed by atoms with Crippen molar-refractivity contribution in [1.82, 2.24) is 0 Å². The van der Waals surface area contributed by atoms with Crippen molar-refractivity contribution in [3.05, 3.63) is 53.6 Å². The van der Waals surface area contributed by atoms with Gasteiger partial charge in [-0.15, -0.1) is 0 Å². The Hall–Kier alpha value is -2.82. The van der Waals surface area contributed by atoms with E-state index < -0.39 is 0 Å². The van der Waals surface area contributed by atoms with E-state index in [0.29, 0.717) is 11.4 Å². The summed E-state index contributed by atoms with van der Waals surface area (Å²) in [7, 11) is 1.61. The lowest BCUT2D eigenvalue weighted by Crippen LogP contribution is -2.39. The fraction of sp³-hybridized carbons (Fsp3) is 0.300. The molecule has 130 valence electrons. The number of carbonyl (C=O) groups is 1. The van der Waals surface area contributed by atoms with Gasteiger partial charge >= 0.3 is 6.03 Å². The predicted molar refractivity (Wildman–Crippen MR) is 102 cm³/mol. The molecule has 1 aliphatic heterocycles. The molecule has 1 N–H and O–H groups in total. The quantitative estimate of drug-likeness (QED) is 0.894. The summed E-state index contributed by atoms with van der Waals surface area (Å²) in [6, 6.07) is 13.2. The number of benzene rings is 2. The number of aryl methyl sites for hydroxylation is 2. The van der Waals surface area contributed by atoms with Crippen LogP contribution in [-0.4, -0.2) is 25.5 Å². The van der Waals surface area contributed by atoms with Gasteiger partial charge in [0.15, 0.2) is 0 Å². The molecular weight excluding hydrogens is 314 g/mol. The molecule has 5 heteroatoms. The molecule has 25 heavy (non-hydrogen) atoms. The Balaban J connectivity index is 1.90. The second kappa shape index (κ2) is 7.38. The van der Waals surface area contributed by atoms with Crippen LogP contribution in [-0.2, 0) is 0 Å². The van der Waals surface area contributed by atoms with Crippen LogP contribution in [0, 0.1) is 13.8 Å². The maximum atomic E-state index is 13.0. The Bertz CT molecular complexity index is 814. The van der Waals surface area contributed by atoms with E-state index in [1.807, 2.05) is 43.3 Å². The molecule has 0 saturated carbocycles. The van der Waals surface area contributed by atoms with Crippen molar-refractivity contribution in [3.8, 4) is 5.75 Å². The van der Waals surface area contributed by atoms with Gasteiger partial charge in [0.25, 0.3) is 0 Å². The Morgan fingerprint density at radius 1 is 1.16 bits per heavy atom. The summed E-state index contributed by atoms with van der Waals surface area (Å²) in [6.45, 7) is 4.88. The van der Waals surface area contributed by atoms with E-state index in [2.05, 4.69) is 17.2 Å². The average Bonchev–Trinajstić information content (AvgIpc) is 3.12. The lowest BCUT2D eigenvalue weighted by molar-refractivity contribution is 0.259. The molecule has 2 aromatic rings. The standard InChI is InChI=1S/C20H23N3O2/c1-14-9-10-17(12-15(14)2)23(19-8-5-11-21-19)20(24)22-16-6-4-7-18(13-16)25-3/h4,6-7,9-10,12-13H,5,8,11H2,1-3H3,(H,22,24). The van der Waals surface area contributed by atoms with Gasteiger partial charge in [-0.2, -0.15) is 0 Å². The highest BCUT2D eigenvalue weighted by molar-refractivity contribution is 6.20. The molecule has 1 heterocycles. The van der Waals surface area contributed by atoms with Gasteiger partial charge in [0.1, 0.15) is 11.6 Å². The van der Waals surface area contributed by atoms with E-state index in [9.17, 15) is 4.79 Å². The lowest BCUT2D eigenvalue weighted by Gasteiger charge is -2.24. The molecular formula is C20H23N3O2. The Morgan fingerprint density at radius 2 is 2.00 bits per heavy atom. The molecule has 2 amide bonds. The van der Waals surface area contributed by atoms with Crippen LogP contribution in [0.1, 0.15) is 24.0 Å². The van der Waals surface area contributed by atoms with E-state index in [-0.39, 0.29) is 6.03 Å². The van der Waals surface area contributed by atoms with Crippen molar-refractivity contribution < 1.29 is 9.53 Å². The van der Waals surface area contributed by atoms with Crippen LogP contribution in [0.3, 0.4) is 0 Å². The van der Waals surface area contributed by atoms with Crippen LogP contribution in [0.5, 0.6) is 5.75 Å². The van der Waals surface area contributed by atoms with Crippen LogP contribution in [0.2, 0.25) is 0 Å². The predicted octanol–water partition coefficient (Wildman–Crippen LogP) is 4.54. The molecule has 3 rings (SSSR count). The summed E-state index contributed by atoms with van der Waals surface area (Å²) >= 11 is 0. The first-order chi connectivity index (χ1) is 12.1. The zero-order chi connectivity index (χ0) is 17.8. The van der Waals surface area contributed by atoms with Crippen molar-refractivity contribution in [1.29, 1.82) is 0 Å². The topological polar surface area (TPSA) is 53.9 Å².